The highest BCUT2D eigenvalue weighted by Crippen LogP contribution is 2.36. The average Bonchev–Trinajstić information content (AvgIpc) is 3.41. The van der Waals surface area contributed by atoms with Crippen LogP contribution in [-0.2, 0) is 9.59 Å². The lowest BCUT2D eigenvalue weighted by Crippen LogP contribution is -2.41. The van der Waals surface area contributed by atoms with Gasteiger partial charge in [0.05, 0.1) is 15.5 Å². The van der Waals surface area contributed by atoms with Crippen LogP contribution in [0.15, 0.2) is 47.4 Å². The Morgan fingerprint density at radius 2 is 1.89 bits per heavy atom. The molecule has 2 aliphatic rings. The molecule has 0 bridgehead atoms. The molecule has 2 aromatic rings. The number of hydrogen-bond acceptors (Lipinski definition) is 7. The first-order chi connectivity index (χ1) is 16.9. The molecule has 0 saturated carbocycles. The number of nitrogens with zero attached hydrogens (tertiary/aromatic N) is 1. The van der Waals surface area contributed by atoms with Crippen LogP contribution in [0, 0.1) is 0 Å². The molecular formula is C24H22ClN3O5S2. The summed E-state index contributed by atoms with van der Waals surface area (Å²) >= 11 is 12.6. The van der Waals surface area contributed by atoms with Crippen LogP contribution in [0.25, 0.3) is 6.08 Å². The Kier molecular flexibility index (Phi) is 8.27. The summed E-state index contributed by atoms with van der Waals surface area (Å²) in [7, 11) is 0. The Morgan fingerprint density at radius 3 is 2.71 bits per heavy atom. The third-order valence-electron chi connectivity index (χ3n) is 5.29. The van der Waals surface area contributed by atoms with E-state index in [1.165, 1.54) is 11.8 Å². The summed E-state index contributed by atoms with van der Waals surface area (Å²) in [4.78, 5) is 39.0. The molecule has 2 heterocycles. The van der Waals surface area contributed by atoms with Crippen LogP contribution in [0.4, 0.5) is 0 Å². The number of ether oxygens (including phenoxy) is 2. The van der Waals surface area contributed by atoms with Crippen molar-refractivity contribution >= 4 is 63.7 Å². The van der Waals surface area contributed by atoms with Gasteiger partial charge in [0.15, 0.2) is 11.5 Å². The number of amides is 3. The molecule has 1 saturated heterocycles. The maximum atomic E-state index is 12.8. The molecule has 8 nitrogen and oxygen atoms in total. The zero-order valence-electron chi connectivity index (χ0n) is 18.5. The van der Waals surface area contributed by atoms with Gasteiger partial charge in [-0.25, -0.2) is 0 Å². The van der Waals surface area contributed by atoms with Crippen molar-refractivity contribution in [3.05, 3.63) is 63.5 Å². The van der Waals surface area contributed by atoms with Gasteiger partial charge in [0.2, 0.25) is 12.7 Å². The van der Waals surface area contributed by atoms with Crippen molar-refractivity contribution in [2.75, 3.05) is 13.3 Å². The smallest absolute Gasteiger partial charge is 0.271 e. The molecule has 0 aliphatic carbocycles. The predicted molar refractivity (Wildman–Crippen MR) is 138 cm³/mol. The standard InChI is InChI=1S/C24H22ClN3O5S2/c25-17-7-4-3-6-16(17)22(30)27-26-21(29)8-2-1-5-11-28-23(31)20(35-24(28)34)13-15-9-10-18-19(12-15)33-14-32-18/h3-4,6-7,9-10,12-13H,1-2,5,8,11,14H2,(H,26,29)(H,27,30)/b20-13-. The van der Waals surface area contributed by atoms with Crippen molar-refractivity contribution in [2.45, 2.75) is 25.7 Å². The Hall–Kier alpha value is -3.08. The normalized spacial score (nSPS) is 15.6. The van der Waals surface area contributed by atoms with Gasteiger partial charge in [0.25, 0.3) is 11.8 Å². The molecule has 182 valence electrons. The summed E-state index contributed by atoms with van der Waals surface area (Å²) in [5.41, 5.74) is 5.87. The van der Waals surface area contributed by atoms with Gasteiger partial charge in [-0.2, -0.15) is 0 Å². The van der Waals surface area contributed by atoms with E-state index in [9.17, 15) is 14.4 Å². The van der Waals surface area contributed by atoms with Crippen molar-refractivity contribution in [1.29, 1.82) is 0 Å². The Labute approximate surface area is 216 Å². The Morgan fingerprint density at radius 1 is 1.09 bits per heavy atom. The quantitative estimate of drug-likeness (QED) is 0.227. The lowest BCUT2D eigenvalue weighted by Gasteiger charge is -2.14. The third-order valence-corrected chi connectivity index (χ3v) is 6.99. The van der Waals surface area contributed by atoms with E-state index in [2.05, 4.69) is 10.9 Å². The summed E-state index contributed by atoms with van der Waals surface area (Å²) in [6.07, 6.45) is 4.07. The van der Waals surface area contributed by atoms with E-state index in [0.29, 0.717) is 45.1 Å². The number of thiocarbonyl (C=S) groups is 1. The highest BCUT2D eigenvalue weighted by atomic mass is 35.5. The number of carbonyl (C=O) groups is 3. The molecule has 4 rings (SSSR count). The molecule has 0 unspecified atom stereocenters. The fourth-order valence-corrected chi connectivity index (χ4v) is 5.01. The molecule has 2 N–H and O–H groups in total. The monoisotopic (exact) mass is 531 g/mol. The van der Waals surface area contributed by atoms with Gasteiger partial charge in [-0.1, -0.05) is 60.2 Å². The van der Waals surface area contributed by atoms with Crippen LogP contribution in [0.2, 0.25) is 5.02 Å². The minimum absolute atomic E-state index is 0.127. The van der Waals surface area contributed by atoms with E-state index in [-0.39, 0.29) is 30.6 Å². The summed E-state index contributed by atoms with van der Waals surface area (Å²) in [5.74, 6) is 0.431. The zero-order valence-corrected chi connectivity index (χ0v) is 20.9. The molecule has 0 radical (unpaired) electrons. The number of unbranched alkanes of at least 4 members (excludes halogenated alkanes) is 2. The second-order valence-electron chi connectivity index (χ2n) is 7.74. The highest BCUT2D eigenvalue weighted by Gasteiger charge is 2.31. The van der Waals surface area contributed by atoms with Gasteiger partial charge in [-0.05, 0) is 48.7 Å². The number of rotatable bonds is 8. The first kappa shape index (κ1) is 25.0. The number of carbonyl (C=O) groups excluding carboxylic acids is 3. The predicted octanol–water partition coefficient (Wildman–Crippen LogP) is 4.29. The van der Waals surface area contributed by atoms with Crippen molar-refractivity contribution in [3.8, 4) is 11.5 Å². The van der Waals surface area contributed by atoms with Gasteiger partial charge in [0.1, 0.15) is 4.32 Å². The van der Waals surface area contributed by atoms with Crippen molar-refractivity contribution in [2.24, 2.45) is 0 Å². The van der Waals surface area contributed by atoms with Gasteiger partial charge < -0.3 is 9.47 Å². The minimum atomic E-state index is -0.480. The van der Waals surface area contributed by atoms with Gasteiger partial charge in [-0.3, -0.25) is 30.1 Å². The first-order valence-electron chi connectivity index (χ1n) is 10.9. The fourth-order valence-electron chi connectivity index (χ4n) is 3.48. The van der Waals surface area contributed by atoms with E-state index in [0.717, 1.165) is 12.0 Å². The summed E-state index contributed by atoms with van der Waals surface area (Å²) in [5, 5.41) is 0.306. The number of nitrogens with one attached hydrogen (secondary N) is 2. The molecule has 35 heavy (non-hydrogen) atoms. The van der Waals surface area contributed by atoms with Crippen LogP contribution in [-0.4, -0.2) is 40.3 Å². The van der Waals surface area contributed by atoms with E-state index in [1.807, 2.05) is 18.2 Å². The summed E-state index contributed by atoms with van der Waals surface area (Å²) < 4.78 is 11.2. The lowest BCUT2D eigenvalue weighted by molar-refractivity contribution is -0.123. The fraction of sp³-hybridized carbons (Fsp3) is 0.250. The lowest BCUT2D eigenvalue weighted by atomic mass is 10.1. The van der Waals surface area contributed by atoms with E-state index >= 15 is 0 Å². The van der Waals surface area contributed by atoms with Crippen molar-refractivity contribution in [1.82, 2.24) is 15.8 Å². The van der Waals surface area contributed by atoms with Crippen LogP contribution in [0.5, 0.6) is 11.5 Å². The van der Waals surface area contributed by atoms with E-state index < -0.39 is 5.91 Å². The molecule has 11 heteroatoms. The zero-order chi connectivity index (χ0) is 24.8. The second kappa shape index (κ2) is 11.6. The second-order valence-corrected chi connectivity index (χ2v) is 9.82. The van der Waals surface area contributed by atoms with Gasteiger partial charge in [-0.15, -0.1) is 0 Å². The highest BCUT2D eigenvalue weighted by molar-refractivity contribution is 8.26. The van der Waals surface area contributed by atoms with Gasteiger partial charge in [0, 0.05) is 13.0 Å². The number of hydrazine groups is 1. The number of thioether (sulfide) groups is 1. The first-order valence-corrected chi connectivity index (χ1v) is 12.5. The average molecular weight is 532 g/mol. The van der Waals surface area contributed by atoms with Crippen LogP contribution in [0.1, 0.15) is 41.6 Å². The molecule has 2 aromatic carbocycles. The molecule has 2 aliphatic heterocycles. The number of hydrogen-bond donors (Lipinski definition) is 2. The molecule has 0 aromatic heterocycles. The minimum Gasteiger partial charge on any atom is -0.454 e. The molecule has 0 atom stereocenters. The maximum Gasteiger partial charge on any atom is 0.271 e. The van der Waals surface area contributed by atoms with Gasteiger partial charge >= 0.3 is 0 Å². The van der Waals surface area contributed by atoms with Crippen LogP contribution < -0.4 is 20.3 Å². The Balaban J connectivity index is 1.17. The van der Waals surface area contributed by atoms with Crippen molar-refractivity contribution < 1.29 is 23.9 Å². The topological polar surface area (TPSA) is 97.0 Å². The van der Waals surface area contributed by atoms with Crippen LogP contribution >= 0.6 is 35.6 Å². The largest absolute Gasteiger partial charge is 0.454 e. The summed E-state index contributed by atoms with van der Waals surface area (Å²) in [6.45, 7) is 0.674. The summed E-state index contributed by atoms with van der Waals surface area (Å²) in [6, 6.07) is 12.1. The van der Waals surface area contributed by atoms with Crippen LogP contribution in [0.3, 0.4) is 0 Å². The molecular weight excluding hydrogens is 510 g/mol. The number of fused-ring (bicyclic) bond motifs is 1. The van der Waals surface area contributed by atoms with Crippen molar-refractivity contribution in [3.63, 3.8) is 0 Å². The number of benzene rings is 2. The third kappa shape index (κ3) is 6.33. The van der Waals surface area contributed by atoms with E-state index in [1.54, 1.807) is 35.2 Å². The SMILES string of the molecule is O=C(CCCCCN1C(=O)/C(=C/c2ccc3c(c2)OCO3)SC1=S)NNC(=O)c1ccccc1Cl. The van der Waals surface area contributed by atoms with E-state index in [4.69, 9.17) is 33.3 Å². The molecule has 0 spiro atoms. The number of halogens is 1. The molecule has 1 fully saturated rings. The molecule has 3 amide bonds. The Bertz CT molecular complexity index is 1200. The maximum absolute atomic E-state index is 12.8.